The first kappa shape index (κ1) is 31.4. The normalized spacial score (nSPS) is 16.8. The maximum atomic E-state index is 13.3. The number of rotatable bonds is 12. The molecule has 1 heterocycles. The van der Waals surface area contributed by atoms with Crippen molar-refractivity contribution in [3.63, 3.8) is 0 Å². The third kappa shape index (κ3) is 8.05. The molecule has 0 spiro atoms. The van der Waals surface area contributed by atoms with E-state index in [9.17, 15) is 33.2 Å². The summed E-state index contributed by atoms with van der Waals surface area (Å²) in [5.41, 5.74) is 0.938. The van der Waals surface area contributed by atoms with Crippen molar-refractivity contribution in [2.75, 3.05) is 13.2 Å². The van der Waals surface area contributed by atoms with Crippen LogP contribution in [0.4, 0.5) is 5.69 Å². The molecule has 12 nitrogen and oxygen atoms in total. The predicted octanol–water partition coefficient (Wildman–Crippen LogP) is 4.06. The van der Waals surface area contributed by atoms with E-state index < -0.39 is 42.8 Å². The number of carbonyl (C=O) groups excluding carboxylic acids is 2. The second kappa shape index (κ2) is 13.6. The minimum absolute atomic E-state index is 0.00196. The molecule has 2 unspecified atom stereocenters. The molecule has 0 saturated carbocycles. The molecule has 3 aromatic rings. The number of esters is 1. The molecule has 0 bridgehead atoms. The molecule has 0 radical (unpaired) electrons. The van der Waals surface area contributed by atoms with Gasteiger partial charge in [0, 0.05) is 29.5 Å². The van der Waals surface area contributed by atoms with Gasteiger partial charge in [-0.3, -0.25) is 14.9 Å². The van der Waals surface area contributed by atoms with Crippen LogP contribution in [0, 0.1) is 17.0 Å². The lowest BCUT2D eigenvalue weighted by atomic mass is 10.1. The third-order valence-corrected chi connectivity index (χ3v) is 10.2. The van der Waals surface area contributed by atoms with Gasteiger partial charge in [-0.15, -0.1) is 0 Å². The zero-order chi connectivity index (χ0) is 31.1. The highest BCUT2D eigenvalue weighted by molar-refractivity contribution is 8.72. The van der Waals surface area contributed by atoms with E-state index in [-0.39, 0.29) is 36.0 Å². The number of amides is 1. The van der Waals surface area contributed by atoms with E-state index >= 15 is 0 Å². The number of likely N-dealkylation sites (tertiary alicyclic amines) is 1. The molecule has 1 aliphatic rings. The number of nitrogens with zero attached hydrogens (tertiary/aromatic N) is 2. The van der Waals surface area contributed by atoms with Crippen molar-refractivity contribution in [1.82, 2.24) is 10.2 Å². The molecule has 2 N–H and O–H groups in total. The van der Waals surface area contributed by atoms with Gasteiger partial charge in [0.2, 0.25) is 8.87 Å². The number of aryl methyl sites for hydroxylation is 1. The van der Waals surface area contributed by atoms with Crippen molar-refractivity contribution < 1.29 is 37.5 Å². The quantitative estimate of drug-likeness (QED) is 0.0743. The van der Waals surface area contributed by atoms with Gasteiger partial charge < -0.3 is 24.8 Å². The molecule has 0 aliphatic carbocycles. The molecule has 43 heavy (non-hydrogen) atoms. The lowest BCUT2D eigenvalue weighted by molar-refractivity contribution is -0.384. The van der Waals surface area contributed by atoms with Gasteiger partial charge >= 0.3 is 5.97 Å². The fourth-order valence-corrected chi connectivity index (χ4v) is 7.73. The van der Waals surface area contributed by atoms with Gasteiger partial charge in [0.25, 0.3) is 11.6 Å². The highest BCUT2D eigenvalue weighted by atomic mass is 33.1. The number of nitrogens with one attached hydrogen (secondary N) is 1. The maximum absolute atomic E-state index is 13.3. The standard InChI is InChI=1S/C29H29N3O9S2/c1-19-8-14-24(15-9-19)43(38,39)42-28-25(30-26(34)18-40-23-6-4-3-5-7-23)16-31(28)27(20(2)33)29(35)41-17-21-10-12-22(13-11-21)32(36)37/h3-15,25,28,33H,16-18H2,1-2H3,(H,30,34)/b27-20+. The highest BCUT2D eigenvalue weighted by Gasteiger charge is 2.47. The molecule has 4 rings (SSSR count). The number of para-hydroxylation sites is 1. The first-order valence-corrected chi connectivity index (χ1v) is 15.9. The Morgan fingerprint density at radius 3 is 2.33 bits per heavy atom. The Hall–Kier alpha value is -4.56. The van der Waals surface area contributed by atoms with Crippen molar-refractivity contribution in [1.29, 1.82) is 0 Å². The van der Waals surface area contributed by atoms with Crippen LogP contribution in [0.1, 0.15) is 18.1 Å². The van der Waals surface area contributed by atoms with E-state index in [4.69, 9.17) is 9.47 Å². The summed E-state index contributed by atoms with van der Waals surface area (Å²) in [6.07, 6.45) is 0. The van der Waals surface area contributed by atoms with Crippen LogP contribution in [0.3, 0.4) is 0 Å². The number of ether oxygens (including phenoxy) is 2. The van der Waals surface area contributed by atoms with Crippen molar-refractivity contribution >= 4 is 37.2 Å². The first-order valence-electron chi connectivity index (χ1n) is 13.0. The second-order valence-corrected chi connectivity index (χ2v) is 13.6. The van der Waals surface area contributed by atoms with Crippen LogP contribution in [0.25, 0.3) is 0 Å². The van der Waals surface area contributed by atoms with E-state index in [0.717, 1.165) is 5.56 Å². The number of benzene rings is 3. The fraction of sp³-hybridized carbons (Fsp3) is 0.241. The van der Waals surface area contributed by atoms with E-state index in [1.165, 1.54) is 48.2 Å². The van der Waals surface area contributed by atoms with Gasteiger partial charge in [0.15, 0.2) is 12.3 Å². The molecule has 1 fully saturated rings. The Morgan fingerprint density at radius 1 is 1.07 bits per heavy atom. The van der Waals surface area contributed by atoms with Gasteiger partial charge in [-0.1, -0.05) is 35.9 Å². The number of aliphatic hydroxyl groups is 1. The van der Waals surface area contributed by atoms with Crippen molar-refractivity contribution in [2.45, 2.75) is 36.8 Å². The molecule has 14 heteroatoms. The first-order chi connectivity index (χ1) is 20.4. The second-order valence-electron chi connectivity index (χ2n) is 9.62. The Morgan fingerprint density at radius 2 is 1.72 bits per heavy atom. The lowest BCUT2D eigenvalue weighted by Gasteiger charge is -2.48. The highest BCUT2D eigenvalue weighted by Crippen LogP contribution is 2.39. The zero-order valence-corrected chi connectivity index (χ0v) is 24.8. The third-order valence-electron chi connectivity index (χ3n) is 6.38. The summed E-state index contributed by atoms with van der Waals surface area (Å²) in [5, 5.41) is 23.1. The summed E-state index contributed by atoms with van der Waals surface area (Å²) in [7, 11) is -3.44. The van der Waals surface area contributed by atoms with Crippen LogP contribution < -0.4 is 10.1 Å². The number of nitro benzene ring substituents is 1. The minimum Gasteiger partial charge on any atom is -0.510 e. The van der Waals surface area contributed by atoms with Gasteiger partial charge in [0.1, 0.15) is 23.5 Å². The largest absolute Gasteiger partial charge is 0.510 e. The molecule has 3 aromatic carbocycles. The monoisotopic (exact) mass is 627 g/mol. The maximum Gasteiger partial charge on any atom is 0.358 e. The van der Waals surface area contributed by atoms with Crippen LogP contribution >= 0.6 is 10.8 Å². The van der Waals surface area contributed by atoms with Gasteiger partial charge in [-0.2, -0.15) is 0 Å². The fourth-order valence-electron chi connectivity index (χ4n) is 4.15. The molecule has 1 amide bonds. The van der Waals surface area contributed by atoms with Crippen LogP contribution in [-0.4, -0.2) is 59.8 Å². The molecule has 226 valence electrons. The van der Waals surface area contributed by atoms with Crippen LogP contribution in [0.5, 0.6) is 5.75 Å². The van der Waals surface area contributed by atoms with Crippen molar-refractivity contribution in [2.24, 2.45) is 0 Å². The summed E-state index contributed by atoms with van der Waals surface area (Å²) in [4.78, 5) is 37.5. The minimum atomic E-state index is -3.96. The van der Waals surface area contributed by atoms with E-state index in [1.807, 2.05) is 6.92 Å². The number of carbonyl (C=O) groups is 2. The number of non-ortho nitro benzene ring substituents is 1. The van der Waals surface area contributed by atoms with E-state index in [2.05, 4.69) is 5.32 Å². The van der Waals surface area contributed by atoms with Crippen LogP contribution in [0.15, 0.2) is 95.2 Å². The summed E-state index contributed by atoms with van der Waals surface area (Å²) in [6.45, 7) is 2.51. The summed E-state index contributed by atoms with van der Waals surface area (Å²) >= 11 is 0. The van der Waals surface area contributed by atoms with Gasteiger partial charge in [-0.05, 0) is 55.8 Å². The van der Waals surface area contributed by atoms with Crippen molar-refractivity contribution in [3.05, 3.63) is 112 Å². The smallest absolute Gasteiger partial charge is 0.358 e. The molecular formula is C29H29N3O9S2. The Bertz CT molecular complexity index is 1610. The zero-order valence-electron chi connectivity index (χ0n) is 23.2. The van der Waals surface area contributed by atoms with Gasteiger partial charge in [0.05, 0.1) is 15.9 Å². The molecule has 2 atom stereocenters. The number of hydrogen-bond acceptors (Lipinski definition) is 11. The van der Waals surface area contributed by atoms with Crippen LogP contribution in [-0.2, 0) is 29.8 Å². The number of nitro groups is 1. The number of allylic oxidation sites excluding steroid dienone is 1. The predicted molar refractivity (Wildman–Crippen MR) is 159 cm³/mol. The average Bonchev–Trinajstić information content (AvgIpc) is 2.98. The topological polar surface area (TPSA) is 165 Å². The summed E-state index contributed by atoms with van der Waals surface area (Å²) in [5.74, 6) is -1.37. The molecule has 1 saturated heterocycles. The molecular weight excluding hydrogens is 598 g/mol. The Labute approximate surface area is 251 Å². The van der Waals surface area contributed by atoms with E-state index in [1.54, 1.807) is 42.5 Å². The Balaban J connectivity index is 1.50. The Kier molecular flexibility index (Phi) is 9.93. The molecule has 1 aliphatic heterocycles. The number of hydrogen-bond donors (Lipinski definition) is 2. The van der Waals surface area contributed by atoms with Gasteiger partial charge in [-0.25, -0.2) is 13.2 Å². The number of aliphatic hydroxyl groups excluding tert-OH is 1. The van der Waals surface area contributed by atoms with E-state index in [0.29, 0.717) is 22.1 Å². The molecule has 0 aromatic heterocycles. The lowest BCUT2D eigenvalue weighted by Crippen LogP contribution is -2.66. The summed E-state index contributed by atoms with van der Waals surface area (Å²) < 4.78 is 37.5. The van der Waals surface area contributed by atoms with Crippen molar-refractivity contribution in [3.8, 4) is 5.75 Å². The average molecular weight is 628 g/mol. The SMILES string of the molecule is C/C(O)=C(/C(=O)OCc1ccc([N+](=O)[O-])cc1)N1CC(NC(=O)COc2ccccc2)C1SS(=O)(=O)c1ccc(C)cc1. The van der Waals surface area contributed by atoms with Crippen LogP contribution in [0.2, 0.25) is 0 Å². The summed E-state index contributed by atoms with van der Waals surface area (Å²) in [6, 6.07) is 19.6.